The van der Waals surface area contributed by atoms with Gasteiger partial charge in [0, 0.05) is 21.8 Å². The van der Waals surface area contributed by atoms with Gasteiger partial charge >= 0.3 is 0 Å². The number of aromatic hydroxyl groups is 2. The first-order chi connectivity index (χ1) is 11.5. The Labute approximate surface area is 158 Å². The summed E-state index contributed by atoms with van der Waals surface area (Å²) in [5, 5.41) is 19.9. The highest BCUT2D eigenvalue weighted by Crippen LogP contribution is 2.32. The quantitative estimate of drug-likeness (QED) is 0.530. The molecule has 3 aromatic rings. The number of phenols is 2. The van der Waals surface area contributed by atoms with Gasteiger partial charge in [-0.1, -0.05) is 68.3 Å². The molecule has 0 spiro atoms. The molecule has 0 aliphatic rings. The molecule has 0 bridgehead atoms. The molecule has 0 aliphatic heterocycles. The van der Waals surface area contributed by atoms with Crippen molar-refractivity contribution in [2.24, 2.45) is 0 Å². The van der Waals surface area contributed by atoms with Crippen molar-refractivity contribution in [3.05, 3.63) is 91.9 Å². The van der Waals surface area contributed by atoms with Crippen molar-refractivity contribution in [3.63, 3.8) is 0 Å². The predicted molar refractivity (Wildman–Crippen MR) is 104 cm³/mol. The Kier molecular flexibility index (Phi) is 5.27. The summed E-state index contributed by atoms with van der Waals surface area (Å²) in [6, 6.07) is 18.8. The lowest BCUT2D eigenvalue weighted by Crippen LogP contribution is -1.96. The number of rotatable bonds is 4. The molecular formula is C20H16Br2O2. The monoisotopic (exact) mass is 446 g/mol. The van der Waals surface area contributed by atoms with Gasteiger partial charge in [0.05, 0.1) is 0 Å². The first kappa shape index (κ1) is 17.1. The maximum Gasteiger partial charge on any atom is 0.119 e. The van der Waals surface area contributed by atoms with Gasteiger partial charge in [0.1, 0.15) is 11.5 Å². The van der Waals surface area contributed by atoms with Gasteiger partial charge in [-0.3, -0.25) is 0 Å². The molecule has 3 aromatic carbocycles. The van der Waals surface area contributed by atoms with Crippen molar-refractivity contribution in [2.45, 2.75) is 12.8 Å². The van der Waals surface area contributed by atoms with Crippen LogP contribution in [-0.4, -0.2) is 10.2 Å². The van der Waals surface area contributed by atoms with Crippen molar-refractivity contribution >= 4 is 31.9 Å². The standard InChI is InChI=1S/C20H16Br2O2/c21-17-12-16(10-14-6-2-4-8-20(14)24)18(22)11-15(17)9-13-5-1-3-7-19(13)23/h1-8,11-12,23-24H,9-10H2. The largest absolute Gasteiger partial charge is 0.508 e. The summed E-state index contributed by atoms with van der Waals surface area (Å²) >= 11 is 7.26. The van der Waals surface area contributed by atoms with E-state index in [-0.39, 0.29) is 0 Å². The third-order valence-corrected chi connectivity index (χ3v) is 5.44. The van der Waals surface area contributed by atoms with Gasteiger partial charge in [-0.15, -0.1) is 0 Å². The van der Waals surface area contributed by atoms with E-state index in [1.807, 2.05) is 36.4 Å². The van der Waals surface area contributed by atoms with E-state index in [4.69, 9.17) is 0 Å². The van der Waals surface area contributed by atoms with Crippen LogP contribution in [0, 0.1) is 0 Å². The minimum atomic E-state index is 0.304. The number of benzene rings is 3. The highest BCUT2D eigenvalue weighted by Gasteiger charge is 2.11. The Morgan fingerprint density at radius 1 is 0.583 bits per heavy atom. The summed E-state index contributed by atoms with van der Waals surface area (Å²) in [7, 11) is 0. The van der Waals surface area contributed by atoms with E-state index in [0.717, 1.165) is 31.2 Å². The Morgan fingerprint density at radius 2 is 0.958 bits per heavy atom. The zero-order valence-corrected chi connectivity index (χ0v) is 16.0. The topological polar surface area (TPSA) is 40.5 Å². The van der Waals surface area contributed by atoms with Gasteiger partial charge in [-0.2, -0.15) is 0 Å². The van der Waals surface area contributed by atoms with Crippen molar-refractivity contribution < 1.29 is 10.2 Å². The van der Waals surface area contributed by atoms with E-state index < -0.39 is 0 Å². The molecule has 0 saturated heterocycles. The highest BCUT2D eigenvalue weighted by atomic mass is 79.9. The summed E-state index contributed by atoms with van der Waals surface area (Å²) in [5.41, 5.74) is 3.95. The molecule has 3 rings (SSSR count). The fourth-order valence-corrected chi connectivity index (χ4v) is 3.69. The Morgan fingerprint density at radius 3 is 1.33 bits per heavy atom. The molecular weight excluding hydrogens is 432 g/mol. The molecule has 0 unspecified atom stereocenters. The smallest absolute Gasteiger partial charge is 0.119 e. The van der Waals surface area contributed by atoms with E-state index in [1.54, 1.807) is 12.1 Å². The zero-order valence-electron chi connectivity index (χ0n) is 12.8. The van der Waals surface area contributed by atoms with Crippen molar-refractivity contribution in [2.75, 3.05) is 0 Å². The average Bonchev–Trinajstić information content (AvgIpc) is 2.56. The van der Waals surface area contributed by atoms with Crippen LogP contribution in [0.5, 0.6) is 11.5 Å². The second kappa shape index (κ2) is 7.41. The van der Waals surface area contributed by atoms with Crippen LogP contribution in [0.1, 0.15) is 22.3 Å². The molecule has 0 saturated carbocycles. The third-order valence-electron chi connectivity index (χ3n) is 3.96. The lowest BCUT2D eigenvalue weighted by molar-refractivity contribution is 0.469. The summed E-state index contributed by atoms with van der Waals surface area (Å²) in [6.07, 6.45) is 1.28. The summed E-state index contributed by atoms with van der Waals surface area (Å²) < 4.78 is 1.97. The number of phenolic OH excluding ortho intramolecular Hbond substituents is 2. The molecule has 0 radical (unpaired) electrons. The van der Waals surface area contributed by atoms with Crippen LogP contribution in [0.25, 0.3) is 0 Å². The lowest BCUT2D eigenvalue weighted by Gasteiger charge is -2.12. The first-order valence-corrected chi connectivity index (χ1v) is 9.13. The molecule has 0 amide bonds. The normalized spacial score (nSPS) is 10.8. The number of para-hydroxylation sites is 2. The van der Waals surface area contributed by atoms with Gasteiger partial charge in [0.25, 0.3) is 0 Å². The SMILES string of the molecule is Oc1ccccc1Cc1cc(Br)c(Cc2ccccc2O)cc1Br. The second-order valence-corrected chi connectivity index (χ2v) is 7.35. The Balaban J connectivity index is 1.89. The third kappa shape index (κ3) is 3.82. The molecule has 0 fully saturated rings. The molecule has 0 atom stereocenters. The maximum atomic E-state index is 9.96. The summed E-state index contributed by atoms with van der Waals surface area (Å²) in [4.78, 5) is 0. The minimum Gasteiger partial charge on any atom is -0.508 e. The fraction of sp³-hybridized carbons (Fsp3) is 0.100. The van der Waals surface area contributed by atoms with E-state index in [0.29, 0.717) is 24.3 Å². The molecule has 4 heteroatoms. The highest BCUT2D eigenvalue weighted by molar-refractivity contribution is 9.11. The summed E-state index contributed by atoms with van der Waals surface area (Å²) in [6.45, 7) is 0. The van der Waals surface area contributed by atoms with Crippen molar-refractivity contribution in [1.82, 2.24) is 0 Å². The van der Waals surface area contributed by atoms with Gasteiger partial charge < -0.3 is 10.2 Å². The lowest BCUT2D eigenvalue weighted by atomic mass is 9.99. The van der Waals surface area contributed by atoms with E-state index in [9.17, 15) is 10.2 Å². The van der Waals surface area contributed by atoms with Crippen LogP contribution >= 0.6 is 31.9 Å². The van der Waals surface area contributed by atoms with E-state index in [1.165, 1.54) is 0 Å². The molecule has 0 aliphatic carbocycles. The number of hydrogen-bond donors (Lipinski definition) is 2. The fourth-order valence-electron chi connectivity index (χ4n) is 2.63. The van der Waals surface area contributed by atoms with Crippen LogP contribution in [-0.2, 0) is 12.8 Å². The first-order valence-electron chi connectivity index (χ1n) is 7.55. The predicted octanol–water partition coefficient (Wildman–Crippen LogP) is 5.80. The van der Waals surface area contributed by atoms with Crippen molar-refractivity contribution in [1.29, 1.82) is 0 Å². The molecule has 2 N–H and O–H groups in total. The van der Waals surface area contributed by atoms with E-state index in [2.05, 4.69) is 44.0 Å². The zero-order chi connectivity index (χ0) is 17.1. The van der Waals surface area contributed by atoms with Crippen LogP contribution in [0.2, 0.25) is 0 Å². The van der Waals surface area contributed by atoms with Gasteiger partial charge in [0.15, 0.2) is 0 Å². The van der Waals surface area contributed by atoms with Crippen LogP contribution in [0.15, 0.2) is 69.6 Å². The summed E-state index contributed by atoms with van der Waals surface area (Å²) in [5.74, 6) is 0.609. The molecule has 2 nitrogen and oxygen atoms in total. The second-order valence-electron chi connectivity index (χ2n) is 5.65. The van der Waals surface area contributed by atoms with Crippen molar-refractivity contribution in [3.8, 4) is 11.5 Å². The van der Waals surface area contributed by atoms with E-state index >= 15 is 0 Å². The minimum absolute atomic E-state index is 0.304. The van der Waals surface area contributed by atoms with Crippen LogP contribution in [0.4, 0.5) is 0 Å². The van der Waals surface area contributed by atoms with Crippen LogP contribution < -0.4 is 0 Å². The van der Waals surface area contributed by atoms with Gasteiger partial charge in [-0.25, -0.2) is 0 Å². The number of hydrogen-bond acceptors (Lipinski definition) is 2. The molecule has 122 valence electrons. The maximum absolute atomic E-state index is 9.96. The molecule has 0 heterocycles. The van der Waals surface area contributed by atoms with Gasteiger partial charge in [-0.05, 0) is 46.5 Å². The average molecular weight is 448 g/mol. The molecule has 0 aromatic heterocycles. The van der Waals surface area contributed by atoms with Crippen LogP contribution in [0.3, 0.4) is 0 Å². The Hall–Kier alpha value is -1.78. The molecule has 24 heavy (non-hydrogen) atoms. The van der Waals surface area contributed by atoms with Gasteiger partial charge in [0.2, 0.25) is 0 Å². The number of halogens is 2. The Bertz CT molecular complexity index is 802.